The summed E-state index contributed by atoms with van der Waals surface area (Å²) >= 11 is 5.78. The lowest BCUT2D eigenvalue weighted by molar-refractivity contribution is -0.138. The molecule has 0 atom stereocenters. The van der Waals surface area contributed by atoms with Gasteiger partial charge in [-0.3, -0.25) is 9.78 Å². The highest BCUT2D eigenvalue weighted by Crippen LogP contribution is 2.20. The van der Waals surface area contributed by atoms with Crippen molar-refractivity contribution in [1.29, 1.82) is 0 Å². The molecule has 0 aliphatic heterocycles. The molecule has 1 rings (SSSR count). The third-order valence-electron chi connectivity index (χ3n) is 2.40. The minimum atomic E-state index is -0.515. The number of halogens is 1. The summed E-state index contributed by atoms with van der Waals surface area (Å²) in [4.78, 5) is 17.7. The van der Waals surface area contributed by atoms with Gasteiger partial charge in [0.1, 0.15) is 0 Å². The summed E-state index contributed by atoms with van der Waals surface area (Å²) in [6.45, 7) is 4.26. The van der Waals surface area contributed by atoms with E-state index in [1.54, 1.807) is 24.3 Å². The van der Waals surface area contributed by atoms with E-state index in [1.807, 2.05) is 26.0 Å². The van der Waals surface area contributed by atoms with Crippen LogP contribution < -0.4 is 0 Å². The first-order valence-electron chi connectivity index (χ1n) is 5.18. The van der Waals surface area contributed by atoms with E-state index in [9.17, 15) is 4.79 Å². The second kappa shape index (κ2) is 5.30. The Bertz CT molecular complexity index is 351. The van der Waals surface area contributed by atoms with Crippen molar-refractivity contribution in [2.24, 2.45) is 5.41 Å². The predicted octanol–water partition coefficient (Wildman–Crippen LogP) is 2.31. The number of nitrogens with zero attached hydrogens (tertiary/aromatic N) is 2. The number of carbonyl (C=O) groups is 1. The molecule has 0 spiro atoms. The summed E-state index contributed by atoms with van der Waals surface area (Å²) < 4.78 is 0. The van der Waals surface area contributed by atoms with Gasteiger partial charge < -0.3 is 4.90 Å². The molecular weight excluding hydrogens is 224 g/mol. The molecular formula is C12H17ClN2O. The molecule has 0 N–H and O–H groups in total. The van der Waals surface area contributed by atoms with Crippen LogP contribution >= 0.6 is 11.6 Å². The zero-order valence-electron chi connectivity index (χ0n) is 9.90. The maximum absolute atomic E-state index is 12.0. The smallest absolute Gasteiger partial charge is 0.229 e. The van der Waals surface area contributed by atoms with Gasteiger partial charge in [0.15, 0.2) is 0 Å². The van der Waals surface area contributed by atoms with E-state index in [-0.39, 0.29) is 5.91 Å². The number of alkyl halides is 1. The van der Waals surface area contributed by atoms with Crippen LogP contribution in [0.25, 0.3) is 0 Å². The average molecular weight is 241 g/mol. The normalized spacial score (nSPS) is 11.2. The van der Waals surface area contributed by atoms with Crippen LogP contribution in [0.5, 0.6) is 0 Å². The van der Waals surface area contributed by atoms with Crippen LogP contribution in [0.1, 0.15) is 19.4 Å². The molecule has 88 valence electrons. The molecule has 3 nitrogen and oxygen atoms in total. The summed E-state index contributed by atoms with van der Waals surface area (Å²) in [5.74, 6) is 0.370. The Labute approximate surface area is 101 Å². The summed E-state index contributed by atoms with van der Waals surface area (Å²) in [7, 11) is 1.78. The van der Waals surface area contributed by atoms with Crippen molar-refractivity contribution in [2.75, 3.05) is 12.9 Å². The van der Waals surface area contributed by atoms with Gasteiger partial charge in [-0.25, -0.2) is 0 Å². The van der Waals surface area contributed by atoms with E-state index in [0.29, 0.717) is 12.4 Å². The van der Waals surface area contributed by atoms with Gasteiger partial charge in [-0.1, -0.05) is 6.07 Å². The highest BCUT2D eigenvalue weighted by Gasteiger charge is 2.29. The van der Waals surface area contributed by atoms with Gasteiger partial charge in [-0.2, -0.15) is 0 Å². The Balaban J connectivity index is 2.66. The molecule has 16 heavy (non-hydrogen) atoms. The van der Waals surface area contributed by atoms with E-state index in [2.05, 4.69) is 4.98 Å². The summed E-state index contributed by atoms with van der Waals surface area (Å²) in [6.07, 6.45) is 3.48. The topological polar surface area (TPSA) is 33.2 Å². The number of rotatable bonds is 4. The number of hydrogen-bond acceptors (Lipinski definition) is 2. The first kappa shape index (κ1) is 13.0. The van der Waals surface area contributed by atoms with E-state index in [0.717, 1.165) is 5.56 Å². The van der Waals surface area contributed by atoms with Gasteiger partial charge in [0.2, 0.25) is 5.91 Å². The van der Waals surface area contributed by atoms with Crippen molar-refractivity contribution in [3.05, 3.63) is 30.1 Å². The van der Waals surface area contributed by atoms with Crippen molar-refractivity contribution < 1.29 is 4.79 Å². The molecule has 1 aromatic heterocycles. The van der Waals surface area contributed by atoms with Crippen LogP contribution in [0, 0.1) is 5.41 Å². The van der Waals surface area contributed by atoms with Crippen LogP contribution in [-0.4, -0.2) is 28.7 Å². The molecule has 0 saturated heterocycles. The number of aromatic nitrogens is 1. The Morgan fingerprint density at radius 2 is 2.25 bits per heavy atom. The molecule has 0 aliphatic rings. The van der Waals surface area contributed by atoms with E-state index in [4.69, 9.17) is 11.6 Å². The van der Waals surface area contributed by atoms with Crippen LogP contribution in [0.3, 0.4) is 0 Å². The van der Waals surface area contributed by atoms with Gasteiger partial charge in [0.25, 0.3) is 0 Å². The molecule has 0 bridgehead atoms. The molecule has 1 heterocycles. The third-order valence-corrected chi connectivity index (χ3v) is 3.07. The second-order valence-electron chi connectivity index (χ2n) is 4.54. The van der Waals surface area contributed by atoms with Gasteiger partial charge >= 0.3 is 0 Å². The average Bonchev–Trinajstić information content (AvgIpc) is 2.29. The first-order chi connectivity index (χ1) is 7.47. The zero-order chi connectivity index (χ0) is 12.2. The molecule has 0 saturated carbocycles. The number of amides is 1. The quantitative estimate of drug-likeness (QED) is 0.757. The molecule has 0 unspecified atom stereocenters. The zero-order valence-corrected chi connectivity index (χ0v) is 10.7. The fraction of sp³-hybridized carbons (Fsp3) is 0.500. The van der Waals surface area contributed by atoms with Crippen LogP contribution in [0.2, 0.25) is 0 Å². The molecule has 4 heteroatoms. The van der Waals surface area contributed by atoms with Gasteiger partial charge in [0.05, 0.1) is 5.41 Å². The minimum Gasteiger partial charge on any atom is -0.341 e. The monoisotopic (exact) mass is 240 g/mol. The Kier molecular flexibility index (Phi) is 4.30. The number of hydrogen-bond donors (Lipinski definition) is 0. The first-order valence-corrected chi connectivity index (χ1v) is 5.71. The van der Waals surface area contributed by atoms with Crippen molar-refractivity contribution in [3.63, 3.8) is 0 Å². The molecule has 1 amide bonds. The largest absolute Gasteiger partial charge is 0.341 e. The van der Waals surface area contributed by atoms with E-state index < -0.39 is 5.41 Å². The third kappa shape index (κ3) is 3.20. The molecule has 0 radical (unpaired) electrons. The summed E-state index contributed by atoms with van der Waals surface area (Å²) in [5, 5.41) is 0. The van der Waals surface area contributed by atoms with E-state index >= 15 is 0 Å². The lowest BCUT2D eigenvalue weighted by Gasteiger charge is -2.27. The fourth-order valence-corrected chi connectivity index (χ4v) is 1.53. The van der Waals surface area contributed by atoms with Gasteiger partial charge in [-0.05, 0) is 25.5 Å². The highest BCUT2D eigenvalue weighted by molar-refractivity contribution is 6.19. The van der Waals surface area contributed by atoms with Crippen LogP contribution in [0.4, 0.5) is 0 Å². The Hall–Kier alpha value is -1.09. The standard InChI is InChI=1S/C12H17ClN2O/c1-12(2,9-13)11(16)15(3)8-10-5-4-6-14-7-10/h4-7H,8-9H2,1-3H3. The van der Waals surface area contributed by atoms with E-state index in [1.165, 1.54) is 0 Å². The number of carbonyl (C=O) groups excluding carboxylic acids is 1. The second-order valence-corrected chi connectivity index (χ2v) is 4.81. The van der Waals surface area contributed by atoms with Crippen LogP contribution in [-0.2, 0) is 11.3 Å². The van der Waals surface area contributed by atoms with Crippen molar-refractivity contribution in [1.82, 2.24) is 9.88 Å². The fourth-order valence-electron chi connectivity index (χ4n) is 1.41. The molecule has 0 aromatic carbocycles. The van der Waals surface area contributed by atoms with Gasteiger partial charge in [-0.15, -0.1) is 11.6 Å². The van der Waals surface area contributed by atoms with Crippen molar-refractivity contribution >= 4 is 17.5 Å². The number of pyridine rings is 1. The van der Waals surface area contributed by atoms with Crippen molar-refractivity contribution in [2.45, 2.75) is 20.4 Å². The Morgan fingerprint density at radius 1 is 1.56 bits per heavy atom. The lowest BCUT2D eigenvalue weighted by atomic mass is 9.94. The maximum atomic E-state index is 12.0. The highest BCUT2D eigenvalue weighted by atomic mass is 35.5. The Morgan fingerprint density at radius 3 is 2.75 bits per heavy atom. The van der Waals surface area contributed by atoms with Crippen molar-refractivity contribution in [3.8, 4) is 0 Å². The maximum Gasteiger partial charge on any atom is 0.229 e. The minimum absolute atomic E-state index is 0.0475. The predicted molar refractivity (Wildman–Crippen MR) is 65.2 cm³/mol. The molecule has 0 fully saturated rings. The summed E-state index contributed by atoms with van der Waals surface area (Å²) in [6, 6.07) is 3.81. The van der Waals surface area contributed by atoms with Gasteiger partial charge in [0, 0.05) is 31.9 Å². The lowest BCUT2D eigenvalue weighted by Crippen LogP contribution is -2.39. The SMILES string of the molecule is CN(Cc1cccnc1)C(=O)C(C)(C)CCl. The summed E-state index contributed by atoms with van der Waals surface area (Å²) in [5.41, 5.74) is 0.502. The molecule has 0 aliphatic carbocycles. The van der Waals surface area contributed by atoms with Crippen LogP contribution in [0.15, 0.2) is 24.5 Å². The molecule has 1 aromatic rings.